The first kappa shape index (κ1) is 17.6. The Labute approximate surface area is 143 Å². The van der Waals surface area contributed by atoms with Crippen molar-refractivity contribution in [1.82, 2.24) is 9.13 Å². The van der Waals surface area contributed by atoms with Crippen LogP contribution in [0.1, 0.15) is 32.6 Å². The van der Waals surface area contributed by atoms with Crippen molar-refractivity contribution < 1.29 is 0 Å². The van der Waals surface area contributed by atoms with Crippen LogP contribution in [0.25, 0.3) is 10.2 Å². The maximum absolute atomic E-state index is 12.6. The summed E-state index contributed by atoms with van der Waals surface area (Å²) in [5, 5.41) is 0.983. The van der Waals surface area contributed by atoms with Gasteiger partial charge in [0.05, 0.1) is 11.3 Å². The van der Waals surface area contributed by atoms with Gasteiger partial charge >= 0.3 is 5.69 Å². The lowest BCUT2D eigenvalue weighted by Crippen LogP contribution is -2.38. The summed E-state index contributed by atoms with van der Waals surface area (Å²) in [6.45, 7) is 8.88. The molecule has 0 unspecified atom stereocenters. The minimum Gasteiger partial charge on any atom is -0.284 e. The van der Waals surface area contributed by atoms with Crippen molar-refractivity contribution in [3.05, 3.63) is 25.7 Å². The summed E-state index contributed by atoms with van der Waals surface area (Å²) in [6, 6.07) is 0. The fourth-order valence-corrected chi connectivity index (χ4v) is 5.05. The molecule has 0 amide bonds. The Balaban J connectivity index is 2.90. The number of halogens is 1. The Morgan fingerprint density at radius 3 is 2.36 bits per heavy atom. The summed E-state index contributed by atoms with van der Waals surface area (Å²) in [5.41, 5.74) is -0.481. The summed E-state index contributed by atoms with van der Waals surface area (Å²) in [5.74, 6) is 0.675. The molecular weight excluding hydrogens is 340 g/mol. The van der Waals surface area contributed by atoms with Crippen molar-refractivity contribution in [2.75, 3.05) is 0 Å². The Hall–Kier alpha value is -0.720. The molecule has 0 aliphatic carbocycles. The molecule has 0 aliphatic rings. The Bertz CT molecular complexity index is 802. The van der Waals surface area contributed by atoms with Gasteiger partial charge in [0, 0.05) is 28.6 Å². The van der Waals surface area contributed by atoms with E-state index in [1.54, 1.807) is 23.4 Å². The molecule has 0 saturated heterocycles. The highest BCUT2D eigenvalue weighted by atomic mass is 35.5. The number of thioether (sulfide) groups is 1. The molecule has 122 valence electrons. The largest absolute Gasteiger partial charge is 0.331 e. The number of aromatic nitrogens is 2. The smallest absolute Gasteiger partial charge is 0.284 e. The van der Waals surface area contributed by atoms with Gasteiger partial charge in [0.2, 0.25) is 0 Å². The molecule has 0 atom stereocenters. The summed E-state index contributed by atoms with van der Waals surface area (Å²) in [7, 11) is 1.54. The van der Waals surface area contributed by atoms with Crippen LogP contribution >= 0.6 is 34.7 Å². The van der Waals surface area contributed by atoms with Crippen LogP contribution < -0.4 is 11.2 Å². The van der Waals surface area contributed by atoms with E-state index in [4.69, 9.17) is 11.6 Å². The van der Waals surface area contributed by atoms with Crippen LogP contribution in [-0.2, 0) is 19.5 Å². The van der Waals surface area contributed by atoms with Crippen LogP contribution in [0.3, 0.4) is 0 Å². The van der Waals surface area contributed by atoms with Gasteiger partial charge in [0.1, 0.15) is 4.83 Å². The predicted octanol–water partition coefficient (Wildman–Crippen LogP) is 3.66. The number of hydrogen-bond acceptors (Lipinski definition) is 4. The van der Waals surface area contributed by atoms with Crippen molar-refractivity contribution in [3.63, 3.8) is 0 Å². The van der Waals surface area contributed by atoms with Gasteiger partial charge < -0.3 is 0 Å². The molecule has 0 aromatic carbocycles. The molecule has 2 rings (SSSR count). The summed E-state index contributed by atoms with van der Waals surface area (Å²) in [4.78, 5) is 27.7. The number of fused-ring (bicyclic) bond motifs is 1. The van der Waals surface area contributed by atoms with Crippen LogP contribution in [0.4, 0.5) is 0 Å². The lowest BCUT2D eigenvalue weighted by Gasteiger charge is -2.12. The first-order chi connectivity index (χ1) is 10.3. The average molecular weight is 361 g/mol. The van der Waals surface area contributed by atoms with Crippen molar-refractivity contribution in [2.24, 2.45) is 13.0 Å². The van der Waals surface area contributed by atoms with Gasteiger partial charge in [-0.05, 0) is 5.92 Å². The number of hydrogen-bond donors (Lipinski definition) is 0. The monoisotopic (exact) mass is 360 g/mol. The Morgan fingerprint density at radius 1 is 1.23 bits per heavy atom. The van der Waals surface area contributed by atoms with Gasteiger partial charge in [-0.3, -0.25) is 13.9 Å². The zero-order valence-electron chi connectivity index (χ0n) is 13.5. The minimum atomic E-state index is -0.255. The molecule has 0 bridgehead atoms. The Morgan fingerprint density at radius 2 is 1.86 bits per heavy atom. The fourth-order valence-electron chi connectivity index (χ4n) is 2.33. The van der Waals surface area contributed by atoms with Crippen molar-refractivity contribution in [2.45, 2.75) is 50.3 Å². The molecule has 4 nitrogen and oxygen atoms in total. The second-order valence-electron chi connectivity index (χ2n) is 5.99. The van der Waals surface area contributed by atoms with Gasteiger partial charge in [-0.15, -0.1) is 34.7 Å². The van der Waals surface area contributed by atoms with Crippen molar-refractivity contribution >= 4 is 44.9 Å². The maximum atomic E-state index is 12.6. The van der Waals surface area contributed by atoms with Gasteiger partial charge in [-0.25, -0.2) is 4.79 Å². The lowest BCUT2D eigenvalue weighted by molar-refractivity contribution is 0.504. The number of nitrogens with zero attached hydrogens (tertiary/aromatic N) is 2. The van der Waals surface area contributed by atoms with Crippen LogP contribution in [0.15, 0.2) is 14.5 Å². The van der Waals surface area contributed by atoms with Gasteiger partial charge in [-0.1, -0.05) is 27.7 Å². The topological polar surface area (TPSA) is 44.0 Å². The number of rotatable bonds is 5. The normalized spacial score (nSPS) is 12.0. The van der Waals surface area contributed by atoms with Crippen molar-refractivity contribution in [3.8, 4) is 0 Å². The van der Waals surface area contributed by atoms with E-state index < -0.39 is 0 Å². The zero-order valence-corrected chi connectivity index (χ0v) is 15.9. The molecule has 0 radical (unpaired) electrons. The molecule has 0 saturated carbocycles. The third kappa shape index (κ3) is 3.14. The van der Waals surface area contributed by atoms with E-state index in [0.29, 0.717) is 29.0 Å². The van der Waals surface area contributed by atoms with E-state index in [-0.39, 0.29) is 11.2 Å². The zero-order chi connectivity index (χ0) is 16.6. The molecule has 0 aliphatic heterocycles. The molecule has 7 heteroatoms. The lowest BCUT2D eigenvalue weighted by atomic mass is 10.2. The standard InChI is InChI=1S/C15H21ClN2O2S2/c1-8(2)7-18-14-11(13(19)17(5)15(18)20)12(21-9(3)4)10(6-16)22-14/h8-9H,6-7H2,1-5H3. The summed E-state index contributed by atoms with van der Waals surface area (Å²) < 4.78 is 2.92. The quantitative estimate of drug-likeness (QED) is 0.603. The molecule has 2 aromatic rings. The predicted molar refractivity (Wildman–Crippen MR) is 96.7 cm³/mol. The van der Waals surface area contributed by atoms with Crippen LogP contribution in [0.2, 0.25) is 0 Å². The summed E-state index contributed by atoms with van der Waals surface area (Å²) in [6.07, 6.45) is 0. The van der Waals surface area contributed by atoms with E-state index in [2.05, 4.69) is 27.7 Å². The van der Waals surface area contributed by atoms with Gasteiger partial charge in [0.15, 0.2) is 0 Å². The highest BCUT2D eigenvalue weighted by Gasteiger charge is 2.21. The van der Waals surface area contributed by atoms with Gasteiger partial charge in [-0.2, -0.15) is 0 Å². The van der Waals surface area contributed by atoms with E-state index >= 15 is 0 Å². The molecule has 0 spiro atoms. The van der Waals surface area contributed by atoms with Gasteiger partial charge in [0.25, 0.3) is 5.56 Å². The first-order valence-electron chi connectivity index (χ1n) is 7.25. The molecule has 0 fully saturated rings. The number of thiophene rings is 1. The van der Waals surface area contributed by atoms with E-state index in [0.717, 1.165) is 14.6 Å². The molecule has 0 N–H and O–H groups in total. The molecular formula is C15H21ClN2O2S2. The van der Waals surface area contributed by atoms with E-state index in [9.17, 15) is 9.59 Å². The molecule has 22 heavy (non-hydrogen) atoms. The minimum absolute atomic E-state index is 0.226. The number of alkyl halides is 1. The van der Waals surface area contributed by atoms with Crippen LogP contribution in [0, 0.1) is 5.92 Å². The third-order valence-corrected chi connectivity index (χ3v) is 6.14. The molecule has 2 heterocycles. The SMILES string of the molecule is CC(C)Cn1c(=O)n(C)c(=O)c2c(SC(C)C)c(CCl)sc21. The maximum Gasteiger partial charge on any atom is 0.331 e. The van der Waals surface area contributed by atoms with E-state index in [1.165, 1.54) is 15.9 Å². The molecule has 2 aromatic heterocycles. The highest BCUT2D eigenvalue weighted by Crippen LogP contribution is 2.38. The van der Waals surface area contributed by atoms with Crippen molar-refractivity contribution in [1.29, 1.82) is 0 Å². The van der Waals surface area contributed by atoms with Crippen LogP contribution in [-0.4, -0.2) is 14.4 Å². The Kier molecular flexibility index (Phi) is 5.45. The average Bonchev–Trinajstić information content (AvgIpc) is 2.78. The first-order valence-corrected chi connectivity index (χ1v) is 9.48. The fraction of sp³-hybridized carbons (Fsp3) is 0.600. The third-order valence-electron chi connectivity index (χ3n) is 3.22. The van der Waals surface area contributed by atoms with Crippen LogP contribution in [0.5, 0.6) is 0 Å². The highest BCUT2D eigenvalue weighted by molar-refractivity contribution is 8.00. The van der Waals surface area contributed by atoms with E-state index in [1.807, 2.05) is 0 Å². The second-order valence-corrected chi connectivity index (χ2v) is 8.92. The summed E-state index contributed by atoms with van der Waals surface area (Å²) >= 11 is 9.19. The second kappa shape index (κ2) is 6.81.